The normalized spacial score (nSPS) is 17.6. The summed E-state index contributed by atoms with van der Waals surface area (Å²) in [7, 11) is 3.24. The predicted molar refractivity (Wildman–Crippen MR) is 125 cm³/mol. The van der Waals surface area contributed by atoms with Gasteiger partial charge in [0.2, 0.25) is 5.91 Å². The van der Waals surface area contributed by atoms with E-state index in [1.54, 1.807) is 74.1 Å². The monoisotopic (exact) mass is 463 g/mol. The number of hydrogen-bond donors (Lipinski definition) is 2. The molecule has 1 aliphatic heterocycles. The lowest BCUT2D eigenvalue weighted by molar-refractivity contribution is -0.133. The number of nitrogens with one attached hydrogen (secondary N) is 2. The van der Waals surface area contributed by atoms with Crippen LogP contribution in [0.2, 0.25) is 0 Å². The smallest absolute Gasteiger partial charge is 0.325 e. The summed E-state index contributed by atoms with van der Waals surface area (Å²) in [5.41, 5.74) is 0.0672. The maximum Gasteiger partial charge on any atom is 0.325 e. The number of carbonyl (C=O) groups is 3. The molecular weight excluding hydrogens is 438 g/mol. The van der Waals surface area contributed by atoms with E-state index in [2.05, 4.69) is 10.6 Å². The highest BCUT2D eigenvalue weighted by Gasteiger charge is 2.49. The van der Waals surface area contributed by atoms with E-state index in [9.17, 15) is 19.2 Å². The summed E-state index contributed by atoms with van der Waals surface area (Å²) in [5, 5.41) is 5.23. The first kappa shape index (κ1) is 22.8. The van der Waals surface area contributed by atoms with Gasteiger partial charge in [-0.1, -0.05) is 30.3 Å². The molecule has 10 nitrogen and oxygen atoms in total. The van der Waals surface area contributed by atoms with Crippen LogP contribution in [-0.2, 0) is 22.2 Å². The second kappa shape index (κ2) is 8.54. The maximum atomic E-state index is 13.1. The van der Waals surface area contributed by atoms with Gasteiger partial charge in [-0.3, -0.25) is 24.0 Å². The van der Waals surface area contributed by atoms with Crippen LogP contribution in [0.25, 0.3) is 5.69 Å². The van der Waals surface area contributed by atoms with Crippen molar-refractivity contribution in [2.24, 2.45) is 7.05 Å². The Morgan fingerprint density at radius 3 is 2.32 bits per heavy atom. The van der Waals surface area contributed by atoms with Gasteiger partial charge in [-0.15, -0.1) is 0 Å². The van der Waals surface area contributed by atoms with E-state index in [4.69, 9.17) is 4.74 Å². The van der Waals surface area contributed by atoms with E-state index in [0.29, 0.717) is 22.7 Å². The first-order valence-corrected chi connectivity index (χ1v) is 10.6. The molecule has 1 aromatic heterocycles. The number of urea groups is 1. The molecule has 0 radical (unpaired) electrons. The molecule has 1 aliphatic rings. The van der Waals surface area contributed by atoms with Crippen LogP contribution < -0.4 is 20.9 Å². The number of anilines is 1. The van der Waals surface area contributed by atoms with Crippen molar-refractivity contribution in [3.8, 4) is 11.4 Å². The van der Waals surface area contributed by atoms with Crippen LogP contribution in [0.1, 0.15) is 18.2 Å². The Hall–Kier alpha value is -4.34. The average Bonchev–Trinajstić information content (AvgIpc) is 3.18. The fourth-order valence-electron chi connectivity index (χ4n) is 4.00. The molecule has 4 amide bonds. The molecule has 0 saturated carbocycles. The quantitative estimate of drug-likeness (QED) is 0.542. The SMILES string of the molecule is COc1ccc([C@]2(C)NC(=O)N(CC(=O)Nc3c(C)n(C)n(-c4ccccc4)c3=O)C2=O)cc1. The Morgan fingerprint density at radius 2 is 1.71 bits per heavy atom. The van der Waals surface area contributed by atoms with Crippen LogP contribution in [-0.4, -0.2) is 45.8 Å². The lowest BCUT2D eigenvalue weighted by Crippen LogP contribution is -2.42. The molecule has 3 aromatic rings. The van der Waals surface area contributed by atoms with Gasteiger partial charge in [0.15, 0.2) is 0 Å². The largest absolute Gasteiger partial charge is 0.497 e. The molecule has 0 bridgehead atoms. The van der Waals surface area contributed by atoms with E-state index >= 15 is 0 Å². The summed E-state index contributed by atoms with van der Waals surface area (Å²) >= 11 is 0. The van der Waals surface area contributed by atoms with Crippen molar-refractivity contribution in [1.82, 2.24) is 19.6 Å². The Bertz CT molecular complexity index is 1330. The lowest BCUT2D eigenvalue weighted by Gasteiger charge is -2.22. The van der Waals surface area contributed by atoms with Crippen molar-refractivity contribution in [3.63, 3.8) is 0 Å². The van der Waals surface area contributed by atoms with Crippen molar-refractivity contribution >= 4 is 23.5 Å². The molecular formula is C24H25N5O5. The molecule has 1 saturated heterocycles. The van der Waals surface area contributed by atoms with Gasteiger partial charge in [0.25, 0.3) is 11.5 Å². The third-order valence-electron chi connectivity index (χ3n) is 6.06. The molecule has 1 fully saturated rings. The van der Waals surface area contributed by atoms with E-state index in [1.807, 2.05) is 6.07 Å². The van der Waals surface area contributed by atoms with Gasteiger partial charge < -0.3 is 15.4 Å². The number of methoxy groups -OCH3 is 1. The Morgan fingerprint density at radius 1 is 1.06 bits per heavy atom. The molecule has 2 heterocycles. The minimum atomic E-state index is -1.33. The zero-order valence-electron chi connectivity index (χ0n) is 19.3. The molecule has 0 unspecified atom stereocenters. The van der Waals surface area contributed by atoms with Gasteiger partial charge in [0.05, 0.1) is 18.5 Å². The zero-order chi connectivity index (χ0) is 24.6. The van der Waals surface area contributed by atoms with Crippen LogP contribution in [0.15, 0.2) is 59.4 Å². The summed E-state index contributed by atoms with van der Waals surface area (Å²) in [5.74, 6) is -0.613. The molecule has 10 heteroatoms. The van der Waals surface area contributed by atoms with Crippen molar-refractivity contribution in [1.29, 1.82) is 0 Å². The summed E-state index contributed by atoms with van der Waals surface area (Å²) in [6.07, 6.45) is 0. The molecule has 176 valence electrons. The second-order valence-electron chi connectivity index (χ2n) is 8.16. The van der Waals surface area contributed by atoms with Crippen LogP contribution in [0, 0.1) is 6.92 Å². The summed E-state index contributed by atoms with van der Waals surface area (Å²) in [4.78, 5) is 52.3. The number of amides is 4. The highest BCUT2D eigenvalue weighted by Crippen LogP contribution is 2.30. The third-order valence-corrected chi connectivity index (χ3v) is 6.06. The summed E-state index contributed by atoms with van der Waals surface area (Å²) < 4.78 is 8.19. The van der Waals surface area contributed by atoms with Gasteiger partial charge in [-0.05, 0) is 43.7 Å². The van der Waals surface area contributed by atoms with Gasteiger partial charge in [-0.2, -0.15) is 0 Å². The number of carbonyl (C=O) groups excluding carboxylic acids is 3. The molecule has 0 spiro atoms. The van der Waals surface area contributed by atoms with E-state index in [0.717, 1.165) is 4.90 Å². The average molecular weight is 463 g/mol. The van der Waals surface area contributed by atoms with Crippen LogP contribution >= 0.6 is 0 Å². The van der Waals surface area contributed by atoms with Crippen LogP contribution in [0.5, 0.6) is 5.75 Å². The van der Waals surface area contributed by atoms with E-state index in [-0.39, 0.29) is 5.69 Å². The predicted octanol–water partition coefficient (Wildman–Crippen LogP) is 1.90. The van der Waals surface area contributed by atoms with Crippen LogP contribution in [0.4, 0.5) is 10.5 Å². The van der Waals surface area contributed by atoms with Crippen molar-refractivity contribution in [2.75, 3.05) is 19.0 Å². The van der Waals surface area contributed by atoms with Gasteiger partial charge in [0, 0.05) is 7.05 Å². The number of aromatic nitrogens is 2. The van der Waals surface area contributed by atoms with Gasteiger partial charge in [-0.25, -0.2) is 9.48 Å². The number of nitrogens with zero attached hydrogens (tertiary/aromatic N) is 3. The zero-order valence-corrected chi connectivity index (χ0v) is 19.3. The highest BCUT2D eigenvalue weighted by atomic mass is 16.5. The van der Waals surface area contributed by atoms with Crippen molar-refractivity contribution in [3.05, 3.63) is 76.2 Å². The Kier molecular flexibility index (Phi) is 5.74. The van der Waals surface area contributed by atoms with Crippen LogP contribution in [0.3, 0.4) is 0 Å². The number of rotatable bonds is 6. The lowest BCUT2D eigenvalue weighted by atomic mass is 9.92. The minimum Gasteiger partial charge on any atom is -0.497 e. The number of hydrogen-bond acceptors (Lipinski definition) is 5. The maximum absolute atomic E-state index is 13.1. The van der Waals surface area contributed by atoms with Gasteiger partial charge in [0.1, 0.15) is 23.5 Å². The number of benzene rings is 2. The fourth-order valence-corrected chi connectivity index (χ4v) is 4.00. The van der Waals surface area contributed by atoms with Crippen molar-refractivity contribution < 1.29 is 19.1 Å². The minimum absolute atomic E-state index is 0.0846. The third kappa shape index (κ3) is 3.72. The molecule has 4 rings (SSSR count). The topological polar surface area (TPSA) is 115 Å². The standard InChI is InChI=1S/C24H25N5O5/c1-15-20(21(31)29(27(15)3)17-8-6-5-7-9-17)25-19(30)14-28-22(32)24(2,26-23(28)33)16-10-12-18(34-4)13-11-16/h5-13H,14H2,1-4H3,(H,25,30)(H,26,33)/t24-/m0/s1. The first-order valence-electron chi connectivity index (χ1n) is 10.6. The summed E-state index contributed by atoms with van der Waals surface area (Å²) in [6.45, 7) is 2.74. The number of ether oxygens (including phenoxy) is 1. The van der Waals surface area contributed by atoms with Crippen molar-refractivity contribution in [2.45, 2.75) is 19.4 Å². The Labute approximate surface area is 195 Å². The fraction of sp³-hybridized carbons (Fsp3) is 0.250. The number of para-hydroxylation sites is 1. The second-order valence-corrected chi connectivity index (χ2v) is 8.16. The highest BCUT2D eigenvalue weighted by molar-refractivity contribution is 6.10. The molecule has 1 atom stereocenters. The van der Waals surface area contributed by atoms with E-state index < -0.39 is 35.5 Å². The Balaban J connectivity index is 1.54. The molecule has 0 aliphatic carbocycles. The number of imide groups is 1. The molecule has 2 aromatic carbocycles. The van der Waals surface area contributed by atoms with Gasteiger partial charge >= 0.3 is 6.03 Å². The van der Waals surface area contributed by atoms with E-state index in [1.165, 1.54) is 11.8 Å². The first-order chi connectivity index (χ1) is 16.2. The summed E-state index contributed by atoms with van der Waals surface area (Å²) in [6, 6.07) is 15.0. The molecule has 34 heavy (non-hydrogen) atoms. The molecule has 2 N–H and O–H groups in total.